The second-order valence-corrected chi connectivity index (χ2v) is 11.9. The van der Waals surface area contributed by atoms with E-state index in [-0.39, 0.29) is 9.04 Å². The summed E-state index contributed by atoms with van der Waals surface area (Å²) in [6.45, 7) is 10.1. The van der Waals surface area contributed by atoms with Crippen LogP contribution in [-0.2, 0) is 8.85 Å². The monoisotopic (exact) mass is 178 g/mol. The van der Waals surface area contributed by atoms with Crippen LogP contribution in [0.25, 0.3) is 0 Å². The van der Waals surface area contributed by atoms with E-state index in [4.69, 9.17) is 8.85 Å². The van der Waals surface area contributed by atoms with E-state index in [1.54, 1.807) is 0 Å². The molecule has 0 radical (unpaired) electrons. The minimum atomic E-state index is -1.58. The van der Waals surface area contributed by atoms with E-state index in [0.29, 0.717) is 0 Å². The van der Waals surface area contributed by atoms with Gasteiger partial charge in [-0.25, -0.2) is 0 Å². The lowest BCUT2D eigenvalue weighted by Gasteiger charge is -2.24. The minimum absolute atomic E-state index is 0.0960. The normalized spacial score (nSPS) is 13.2. The van der Waals surface area contributed by atoms with Gasteiger partial charge in [-0.05, 0) is 20.4 Å². The highest BCUT2D eigenvalue weighted by atomic mass is 29.2. The third kappa shape index (κ3) is 3.50. The first-order valence-electron chi connectivity index (χ1n) is 3.96. The summed E-state index contributed by atoms with van der Waals surface area (Å²) in [6, 6.07) is 0. The summed E-state index contributed by atoms with van der Waals surface area (Å²) < 4.78 is 11.2. The quantitative estimate of drug-likeness (QED) is 0.581. The fourth-order valence-electron chi connectivity index (χ4n) is 0.856. The van der Waals surface area contributed by atoms with Crippen LogP contribution in [0.3, 0.4) is 0 Å². The van der Waals surface area contributed by atoms with Crippen molar-refractivity contribution in [2.45, 2.75) is 26.9 Å². The molecule has 0 saturated heterocycles. The highest BCUT2D eigenvalue weighted by Gasteiger charge is 2.27. The highest BCUT2D eigenvalue weighted by molar-refractivity contribution is 7.16. The molecule has 0 aliphatic carbocycles. The SMILES string of the molecule is CCO[Si](C)(OCC)[SiH2]C. The zero-order valence-corrected chi connectivity index (χ0v) is 9.85. The molecule has 0 atom stereocenters. The van der Waals surface area contributed by atoms with Crippen LogP contribution in [0.2, 0.25) is 13.1 Å². The van der Waals surface area contributed by atoms with Gasteiger partial charge in [-0.15, -0.1) is 0 Å². The number of hydrogen-bond donors (Lipinski definition) is 0. The van der Waals surface area contributed by atoms with Crippen molar-refractivity contribution < 1.29 is 8.85 Å². The molecule has 0 N–H and O–H groups in total. The van der Waals surface area contributed by atoms with Crippen molar-refractivity contribution in [1.29, 1.82) is 0 Å². The van der Waals surface area contributed by atoms with Crippen molar-refractivity contribution in [3.8, 4) is 0 Å². The van der Waals surface area contributed by atoms with Crippen molar-refractivity contribution >= 4 is 17.1 Å². The van der Waals surface area contributed by atoms with Crippen LogP contribution in [0.4, 0.5) is 0 Å². The minimum Gasteiger partial charge on any atom is -0.397 e. The van der Waals surface area contributed by atoms with Gasteiger partial charge in [-0.1, -0.05) is 6.55 Å². The van der Waals surface area contributed by atoms with Gasteiger partial charge in [0.2, 0.25) is 0 Å². The fourth-order valence-corrected chi connectivity index (χ4v) is 5.02. The molecule has 0 aromatic rings. The molecule has 0 aliphatic heterocycles. The molecule has 0 aromatic heterocycles. The van der Waals surface area contributed by atoms with Gasteiger partial charge in [0.05, 0.1) is 9.04 Å². The lowest BCUT2D eigenvalue weighted by atomic mass is 10.9. The third-order valence-corrected chi connectivity index (χ3v) is 9.70. The summed E-state index contributed by atoms with van der Waals surface area (Å²) in [5, 5.41) is 0. The standard InChI is InChI=1S/C6H18O2Si2/c1-5-7-10(4,9-3)8-6-2/h5-6,9H2,1-4H3. The average molecular weight is 178 g/mol. The van der Waals surface area contributed by atoms with E-state index in [1.807, 2.05) is 13.8 Å². The predicted octanol–water partition coefficient (Wildman–Crippen LogP) is 0.845. The first-order chi connectivity index (χ1) is 4.68. The van der Waals surface area contributed by atoms with Crippen molar-refractivity contribution in [3.63, 3.8) is 0 Å². The summed E-state index contributed by atoms with van der Waals surface area (Å²) in [6.07, 6.45) is 0. The maximum Gasteiger partial charge on any atom is 0.305 e. The Balaban J connectivity index is 3.69. The molecule has 0 aliphatic rings. The van der Waals surface area contributed by atoms with Crippen LogP contribution in [0.1, 0.15) is 13.8 Å². The van der Waals surface area contributed by atoms with Gasteiger partial charge in [0.25, 0.3) is 0 Å². The number of hydrogen-bond acceptors (Lipinski definition) is 2. The van der Waals surface area contributed by atoms with E-state index >= 15 is 0 Å². The molecule has 0 spiro atoms. The highest BCUT2D eigenvalue weighted by Crippen LogP contribution is 2.04. The van der Waals surface area contributed by atoms with Crippen molar-refractivity contribution in [1.82, 2.24) is 0 Å². The molecule has 0 aromatic carbocycles. The Morgan fingerprint density at radius 3 is 1.80 bits per heavy atom. The molecule has 0 heterocycles. The summed E-state index contributed by atoms with van der Waals surface area (Å²) in [5.41, 5.74) is 0. The van der Waals surface area contributed by atoms with Crippen LogP contribution >= 0.6 is 0 Å². The maximum atomic E-state index is 5.60. The van der Waals surface area contributed by atoms with Crippen LogP contribution in [0.5, 0.6) is 0 Å². The summed E-state index contributed by atoms with van der Waals surface area (Å²) in [7, 11) is -1.68. The maximum absolute atomic E-state index is 5.60. The first kappa shape index (κ1) is 10.4. The Hall–Kier alpha value is 0.354. The second kappa shape index (κ2) is 5.06. The fraction of sp³-hybridized carbons (Fsp3) is 1.00. The molecule has 0 unspecified atom stereocenters. The molecule has 10 heavy (non-hydrogen) atoms. The van der Waals surface area contributed by atoms with Crippen LogP contribution < -0.4 is 0 Å². The van der Waals surface area contributed by atoms with Crippen molar-refractivity contribution in [3.05, 3.63) is 0 Å². The predicted molar refractivity (Wildman–Crippen MR) is 49.3 cm³/mol. The average Bonchev–Trinajstić information content (AvgIpc) is 1.89. The Bertz CT molecular complexity index is 81.8. The molecule has 4 heteroatoms. The summed E-state index contributed by atoms with van der Waals surface area (Å²) >= 11 is 0. The molecule has 0 rings (SSSR count). The zero-order valence-electron chi connectivity index (χ0n) is 7.44. The molecule has 0 saturated carbocycles. The lowest BCUT2D eigenvalue weighted by molar-refractivity contribution is 0.208. The Labute approximate surface area is 66.8 Å². The van der Waals surface area contributed by atoms with Crippen LogP contribution in [0.15, 0.2) is 0 Å². The second-order valence-electron chi connectivity index (χ2n) is 2.35. The van der Waals surface area contributed by atoms with Gasteiger partial charge in [-0.2, -0.15) is 0 Å². The topological polar surface area (TPSA) is 18.5 Å². The molecular formula is C6H18O2Si2. The van der Waals surface area contributed by atoms with Gasteiger partial charge < -0.3 is 8.85 Å². The molecule has 2 nitrogen and oxygen atoms in total. The van der Waals surface area contributed by atoms with E-state index in [9.17, 15) is 0 Å². The van der Waals surface area contributed by atoms with Crippen LogP contribution in [-0.4, -0.2) is 30.3 Å². The van der Waals surface area contributed by atoms with Gasteiger partial charge in [0.1, 0.15) is 0 Å². The summed E-state index contributed by atoms with van der Waals surface area (Å²) in [5.74, 6) is 0. The molecule has 0 amide bonds. The summed E-state index contributed by atoms with van der Waals surface area (Å²) in [4.78, 5) is 0. The zero-order chi connectivity index (χ0) is 8.04. The molecule has 62 valence electrons. The van der Waals surface area contributed by atoms with E-state index < -0.39 is 8.08 Å². The third-order valence-electron chi connectivity index (χ3n) is 1.54. The largest absolute Gasteiger partial charge is 0.397 e. The van der Waals surface area contributed by atoms with Gasteiger partial charge >= 0.3 is 8.08 Å². The molecule has 0 bridgehead atoms. The molecule has 0 fully saturated rings. The lowest BCUT2D eigenvalue weighted by Crippen LogP contribution is -2.44. The molecular weight excluding hydrogens is 160 g/mol. The Morgan fingerprint density at radius 1 is 1.20 bits per heavy atom. The first-order valence-corrected chi connectivity index (χ1v) is 10.0. The Morgan fingerprint density at radius 2 is 1.60 bits per heavy atom. The van der Waals surface area contributed by atoms with Gasteiger partial charge in [0.15, 0.2) is 0 Å². The van der Waals surface area contributed by atoms with Gasteiger partial charge in [0, 0.05) is 13.2 Å². The number of rotatable bonds is 5. The van der Waals surface area contributed by atoms with E-state index in [0.717, 1.165) is 13.2 Å². The van der Waals surface area contributed by atoms with Gasteiger partial charge in [-0.3, -0.25) is 0 Å². The Kier molecular flexibility index (Phi) is 5.24. The van der Waals surface area contributed by atoms with E-state index in [2.05, 4.69) is 13.1 Å². The van der Waals surface area contributed by atoms with E-state index in [1.165, 1.54) is 0 Å². The van der Waals surface area contributed by atoms with Crippen molar-refractivity contribution in [2.75, 3.05) is 13.2 Å². The smallest absolute Gasteiger partial charge is 0.305 e. The van der Waals surface area contributed by atoms with Crippen LogP contribution in [0, 0.1) is 0 Å². The van der Waals surface area contributed by atoms with Crippen molar-refractivity contribution in [2.24, 2.45) is 0 Å².